The lowest BCUT2D eigenvalue weighted by Gasteiger charge is -2.25. The van der Waals surface area contributed by atoms with Crippen LogP contribution in [0.1, 0.15) is 20.3 Å². The first-order valence-corrected chi connectivity index (χ1v) is 5.23. The Labute approximate surface area is 67.8 Å². The summed E-state index contributed by atoms with van der Waals surface area (Å²) in [5.41, 5.74) is 0. The molecule has 11 heavy (non-hydrogen) atoms. The summed E-state index contributed by atoms with van der Waals surface area (Å²) in [6, 6.07) is 0.0740. The van der Waals surface area contributed by atoms with Crippen LogP contribution in [0, 0.1) is 0 Å². The predicted octanol–water partition coefficient (Wildman–Crippen LogP) is 0.944. The van der Waals surface area contributed by atoms with E-state index < -0.39 is 10.0 Å². The number of rotatable bonds is 1. The van der Waals surface area contributed by atoms with Crippen LogP contribution < -0.4 is 0 Å². The van der Waals surface area contributed by atoms with Gasteiger partial charge in [0, 0.05) is 18.0 Å². The molecule has 0 amide bonds. The largest absolute Gasteiger partial charge is 0.236 e. The van der Waals surface area contributed by atoms with Gasteiger partial charge in [0.2, 0.25) is 10.0 Å². The van der Waals surface area contributed by atoms with Crippen molar-refractivity contribution in [1.82, 2.24) is 4.31 Å². The molecule has 3 nitrogen and oxygen atoms in total. The molecular formula is C7H13NO2S. The molecule has 0 saturated heterocycles. The Hall–Kier alpha value is -0.350. The van der Waals surface area contributed by atoms with Gasteiger partial charge in [-0.25, -0.2) is 8.42 Å². The average molecular weight is 175 g/mol. The molecule has 0 saturated carbocycles. The molecule has 0 N–H and O–H groups in total. The number of hydrogen-bond donors (Lipinski definition) is 0. The van der Waals surface area contributed by atoms with E-state index in [1.54, 1.807) is 6.08 Å². The van der Waals surface area contributed by atoms with Crippen molar-refractivity contribution in [2.75, 3.05) is 6.54 Å². The van der Waals surface area contributed by atoms with Crippen molar-refractivity contribution in [3.8, 4) is 0 Å². The minimum Gasteiger partial charge on any atom is -0.208 e. The summed E-state index contributed by atoms with van der Waals surface area (Å²) >= 11 is 0. The maximum atomic E-state index is 11.3. The zero-order chi connectivity index (χ0) is 8.48. The van der Waals surface area contributed by atoms with Crippen molar-refractivity contribution >= 4 is 10.0 Å². The minimum atomic E-state index is -3.07. The number of hydrogen-bond acceptors (Lipinski definition) is 2. The molecule has 0 atom stereocenters. The van der Waals surface area contributed by atoms with Gasteiger partial charge >= 0.3 is 0 Å². The summed E-state index contributed by atoms with van der Waals surface area (Å²) in [6.07, 6.45) is 2.53. The van der Waals surface area contributed by atoms with Crippen LogP contribution >= 0.6 is 0 Å². The summed E-state index contributed by atoms with van der Waals surface area (Å²) in [6.45, 7) is 4.39. The lowest BCUT2D eigenvalue weighted by atomic mass is 10.3. The van der Waals surface area contributed by atoms with Gasteiger partial charge in [-0.3, -0.25) is 0 Å². The first-order valence-electron chi connectivity index (χ1n) is 3.72. The van der Waals surface area contributed by atoms with Crippen molar-refractivity contribution in [3.63, 3.8) is 0 Å². The van der Waals surface area contributed by atoms with Crippen molar-refractivity contribution in [3.05, 3.63) is 11.5 Å². The van der Waals surface area contributed by atoms with Crippen LogP contribution in [-0.4, -0.2) is 25.3 Å². The molecule has 1 rings (SSSR count). The predicted molar refractivity (Wildman–Crippen MR) is 44.5 cm³/mol. The highest BCUT2D eigenvalue weighted by Crippen LogP contribution is 2.14. The van der Waals surface area contributed by atoms with E-state index in [2.05, 4.69) is 0 Å². The SMILES string of the molecule is CC(C)N1CCC=CS1(=O)=O. The lowest BCUT2D eigenvalue weighted by Crippen LogP contribution is -2.37. The van der Waals surface area contributed by atoms with Gasteiger partial charge < -0.3 is 0 Å². The summed E-state index contributed by atoms with van der Waals surface area (Å²) in [4.78, 5) is 0. The van der Waals surface area contributed by atoms with Crippen LogP contribution in [0.25, 0.3) is 0 Å². The van der Waals surface area contributed by atoms with Gasteiger partial charge in [-0.2, -0.15) is 4.31 Å². The molecule has 0 bridgehead atoms. The quantitative estimate of drug-likeness (QED) is 0.595. The third-order valence-corrected chi connectivity index (χ3v) is 3.48. The second-order valence-corrected chi connectivity index (χ2v) is 4.68. The third kappa shape index (κ3) is 1.81. The van der Waals surface area contributed by atoms with Gasteiger partial charge in [-0.1, -0.05) is 6.08 Å². The van der Waals surface area contributed by atoms with Crippen molar-refractivity contribution < 1.29 is 8.42 Å². The van der Waals surface area contributed by atoms with E-state index in [9.17, 15) is 8.42 Å². The Kier molecular flexibility index (Phi) is 2.34. The van der Waals surface area contributed by atoms with Gasteiger partial charge in [-0.15, -0.1) is 0 Å². The van der Waals surface area contributed by atoms with Crippen LogP contribution in [0.3, 0.4) is 0 Å². The molecule has 4 heteroatoms. The maximum absolute atomic E-state index is 11.3. The molecule has 0 aromatic rings. The monoisotopic (exact) mass is 175 g/mol. The summed E-state index contributed by atoms with van der Waals surface area (Å²) in [5.74, 6) is 0. The van der Waals surface area contributed by atoms with Crippen molar-refractivity contribution in [2.24, 2.45) is 0 Å². The van der Waals surface area contributed by atoms with E-state index in [0.29, 0.717) is 6.54 Å². The van der Waals surface area contributed by atoms with E-state index in [4.69, 9.17) is 0 Å². The highest BCUT2D eigenvalue weighted by Gasteiger charge is 2.23. The highest BCUT2D eigenvalue weighted by atomic mass is 32.2. The van der Waals surface area contributed by atoms with Crippen LogP contribution in [-0.2, 0) is 10.0 Å². The van der Waals surface area contributed by atoms with Crippen LogP contribution in [0.5, 0.6) is 0 Å². The molecule has 1 aliphatic heterocycles. The van der Waals surface area contributed by atoms with Crippen LogP contribution in [0.15, 0.2) is 11.5 Å². The fourth-order valence-electron chi connectivity index (χ4n) is 1.15. The highest BCUT2D eigenvalue weighted by molar-refractivity contribution is 7.92. The average Bonchev–Trinajstić information content (AvgIpc) is 1.85. The molecule has 1 heterocycles. The van der Waals surface area contributed by atoms with E-state index >= 15 is 0 Å². The molecule has 0 spiro atoms. The number of nitrogens with zero attached hydrogens (tertiary/aromatic N) is 1. The Morgan fingerprint density at radius 2 is 2.09 bits per heavy atom. The van der Waals surface area contributed by atoms with E-state index in [1.807, 2.05) is 13.8 Å². The molecule has 0 radical (unpaired) electrons. The molecule has 1 aliphatic rings. The topological polar surface area (TPSA) is 37.4 Å². The Morgan fingerprint density at radius 1 is 1.45 bits per heavy atom. The first-order chi connectivity index (χ1) is 5.04. The van der Waals surface area contributed by atoms with Gasteiger partial charge in [0.1, 0.15) is 0 Å². The Balaban J connectivity index is 2.91. The van der Waals surface area contributed by atoms with Crippen molar-refractivity contribution in [1.29, 1.82) is 0 Å². The zero-order valence-electron chi connectivity index (χ0n) is 6.82. The molecule has 0 aromatic carbocycles. The summed E-state index contributed by atoms with van der Waals surface area (Å²) in [7, 11) is -3.07. The second-order valence-electron chi connectivity index (χ2n) is 2.91. The smallest absolute Gasteiger partial charge is 0.208 e. The number of sulfonamides is 1. The van der Waals surface area contributed by atoms with Crippen LogP contribution in [0.2, 0.25) is 0 Å². The summed E-state index contributed by atoms with van der Waals surface area (Å²) < 4.78 is 24.0. The van der Waals surface area contributed by atoms with E-state index in [1.165, 1.54) is 9.71 Å². The third-order valence-electron chi connectivity index (χ3n) is 1.69. The van der Waals surface area contributed by atoms with Gasteiger partial charge in [0.15, 0.2) is 0 Å². The second kappa shape index (κ2) is 2.95. The molecule has 0 unspecified atom stereocenters. The van der Waals surface area contributed by atoms with E-state index in [-0.39, 0.29) is 6.04 Å². The zero-order valence-corrected chi connectivity index (χ0v) is 7.63. The first kappa shape index (κ1) is 8.74. The lowest BCUT2D eigenvalue weighted by molar-refractivity contribution is 0.360. The van der Waals surface area contributed by atoms with Gasteiger partial charge in [0.05, 0.1) is 0 Å². The fraction of sp³-hybridized carbons (Fsp3) is 0.714. The van der Waals surface area contributed by atoms with E-state index in [0.717, 1.165) is 6.42 Å². The maximum Gasteiger partial charge on any atom is 0.236 e. The fourth-order valence-corrected chi connectivity index (χ4v) is 2.63. The standard InChI is InChI=1S/C7H13NO2S/c1-7(2)8-5-3-4-6-11(8,9)10/h4,6-7H,3,5H2,1-2H3. The van der Waals surface area contributed by atoms with Gasteiger partial charge in [-0.05, 0) is 20.3 Å². The minimum absolute atomic E-state index is 0.0740. The molecule has 0 fully saturated rings. The molecular weight excluding hydrogens is 162 g/mol. The van der Waals surface area contributed by atoms with Crippen LogP contribution in [0.4, 0.5) is 0 Å². The summed E-state index contributed by atoms with van der Waals surface area (Å²) in [5, 5.41) is 1.29. The molecule has 0 aromatic heterocycles. The molecule has 64 valence electrons. The normalized spacial score (nSPS) is 24.3. The van der Waals surface area contributed by atoms with Gasteiger partial charge in [0.25, 0.3) is 0 Å². The van der Waals surface area contributed by atoms with Crippen molar-refractivity contribution in [2.45, 2.75) is 26.3 Å². The Morgan fingerprint density at radius 3 is 2.45 bits per heavy atom. The molecule has 0 aliphatic carbocycles. The Bertz CT molecular complexity index is 254.